The van der Waals surface area contributed by atoms with Crippen molar-refractivity contribution in [1.29, 1.82) is 0 Å². The van der Waals surface area contributed by atoms with Crippen LogP contribution in [0.3, 0.4) is 0 Å². The van der Waals surface area contributed by atoms with Crippen molar-refractivity contribution in [3.8, 4) is 11.8 Å². The highest BCUT2D eigenvalue weighted by Crippen LogP contribution is 2.56. The lowest BCUT2D eigenvalue weighted by molar-refractivity contribution is -0.210. The van der Waals surface area contributed by atoms with Crippen molar-refractivity contribution < 1.29 is 18.4 Å². The van der Waals surface area contributed by atoms with Crippen LogP contribution in [0.2, 0.25) is 36.3 Å². The Kier molecular flexibility index (Phi) is 9.65. The Hall–Kier alpha value is -0.456. The van der Waals surface area contributed by atoms with E-state index in [4.69, 9.17) is 13.6 Å². The summed E-state index contributed by atoms with van der Waals surface area (Å²) in [5, 5.41) is 0.260. The molecule has 0 bridgehead atoms. The Morgan fingerprint density at radius 1 is 0.947 bits per heavy atom. The summed E-state index contributed by atoms with van der Waals surface area (Å²) in [7, 11) is -4.01. The van der Waals surface area contributed by atoms with E-state index in [1.165, 1.54) is 32.1 Å². The van der Waals surface area contributed by atoms with E-state index < -0.39 is 22.2 Å². The number of hydrogen-bond donors (Lipinski definition) is 0. The van der Waals surface area contributed by atoms with Gasteiger partial charge in [-0.15, -0.1) is 0 Å². The molecular weight excluding hydrogens is 505 g/mol. The molecule has 6 atom stereocenters. The average molecular weight is 563 g/mol. The second kappa shape index (κ2) is 11.4. The van der Waals surface area contributed by atoms with Gasteiger partial charge in [0.25, 0.3) is 0 Å². The largest absolute Gasteiger partial charge is 0.413 e. The number of fused-ring (bicyclic) bond motifs is 1. The lowest BCUT2D eigenvalue weighted by Gasteiger charge is -2.59. The van der Waals surface area contributed by atoms with Gasteiger partial charge in [-0.1, -0.05) is 79.6 Å². The van der Waals surface area contributed by atoms with Crippen LogP contribution in [0.25, 0.3) is 0 Å². The number of ether oxygens (including phenoxy) is 1. The maximum Gasteiger partial charge on any atom is 0.193 e. The van der Waals surface area contributed by atoms with Gasteiger partial charge in [0.2, 0.25) is 0 Å². The SMILES string of the molecule is CCO[C@]12CC[C@@H](O[Si](C)(C)C(C)(C)C)[C@H](C#C[C@@H](O[Si](C)(C)C(C)(C)C)C3CCCCC3)[C@H]1C(C)C2=O. The zero-order valence-electron chi connectivity index (χ0n) is 26.8. The first kappa shape index (κ1) is 32.1. The summed E-state index contributed by atoms with van der Waals surface area (Å²) < 4.78 is 20.4. The average Bonchev–Trinajstić information content (AvgIpc) is 2.81. The van der Waals surface area contributed by atoms with Crippen molar-refractivity contribution in [3.63, 3.8) is 0 Å². The highest BCUT2D eigenvalue weighted by molar-refractivity contribution is 6.74. The maximum absolute atomic E-state index is 13.3. The lowest BCUT2D eigenvalue weighted by Crippen LogP contribution is -2.70. The topological polar surface area (TPSA) is 44.8 Å². The van der Waals surface area contributed by atoms with E-state index in [1.54, 1.807) is 0 Å². The highest BCUT2D eigenvalue weighted by atomic mass is 28.4. The molecule has 4 nitrogen and oxygen atoms in total. The fourth-order valence-electron chi connectivity index (χ4n) is 6.40. The molecule has 38 heavy (non-hydrogen) atoms. The monoisotopic (exact) mass is 562 g/mol. The second-order valence-electron chi connectivity index (χ2n) is 15.5. The summed E-state index contributed by atoms with van der Waals surface area (Å²) >= 11 is 0. The molecule has 0 aromatic carbocycles. The molecule has 0 heterocycles. The van der Waals surface area contributed by atoms with Crippen LogP contribution in [0.5, 0.6) is 0 Å². The van der Waals surface area contributed by atoms with Gasteiger partial charge in [-0.3, -0.25) is 4.79 Å². The Balaban J connectivity index is 2.02. The predicted molar refractivity (Wildman–Crippen MR) is 163 cm³/mol. The molecule has 6 heteroatoms. The summed E-state index contributed by atoms with van der Waals surface area (Å²) in [6, 6.07) is 0. The molecule has 3 fully saturated rings. The van der Waals surface area contributed by atoms with Gasteiger partial charge in [-0.05, 0) is 74.8 Å². The number of Topliss-reactive ketones (excluding diaryl/α,β-unsaturated/α-hetero) is 1. The van der Waals surface area contributed by atoms with E-state index in [-0.39, 0.29) is 45.8 Å². The normalized spacial score (nSPS) is 32.2. The van der Waals surface area contributed by atoms with Crippen LogP contribution in [-0.4, -0.2) is 46.8 Å². The van der Waals surface area contributed by atoms with E-state index in [0.29, 0.717) is 12.5 Å². The summed E-state index contributed by atoms with van der Waals surface area (Å²) in [4.78, 5) is 13.3. The van der Waals surface area contributed by atoms with Gasteiger partial charge in [0.15, 0.2) is 22.4 Å². The minimum atomic E-state index is -2.01. The highest BCUT2D eigenvalue weighted by Gasteiger charge is 2.66. The van der Waals surface area contributed by atoms with Gasteiger partial charge in [-0.2, -0.15) is 0 Å². The van der Waals surface area contributed by atoms with Crippen LogP contribution in [0, 0.1) is 35.5 Å². The quantitative estimate of drug-likeness (QED) is 0.231. The van der Waals surface area contributed by atoms with Gasteiger partial charge in [-0.25, -0.2) is 0 Å². The van der Waals surface area contributed by atoms with E-state index in [1.807, 2.05) is 6.92 Å². The van der Waals surface area contributed by atoms with Gasteiger partial charge < -0.3 is 13.6 Å². The van der Waals surface area contributed by atoms with Crippen LogP contribution < -0.4 is 0 Å². The molecule has 3 saturated carbocycles. The first-order chi connectivity index (χ1) is 17.4. The van der Waals surface area contributed by atoms with Crippen LogP contribution in [0.4, 0.5) is 0 Å². The van der Waals surface area contributed by atoms with Crippen LogP contribution >= 0.6 is 0 Å². The third-order valence-electron chi connectivity index (χ3n) is 10.8. The fourth-order valence-corrected chi connectivity index (χ4v) is 9.01. The number of ketones is 1. The Morgan fingerprint density at radius 2 is 1.53 bits per heavy atom. The first-order valence-electron chi connectivity index (χ1n) is 15.4. The molecule has 1 unspecified atom stereocenters. The molecule has 0 aliphatic heterocycles. The van der Waals surface area contributed by atoms with Gasteiger partial charge >= 0.3 is 0 Å². The molecule has 3 aliphatic carbocycles. The summed E-state index contributed by atoms with van der Waals surface area (Å²) in [6.45, 7) is 27.9. The Labute approximate surface area is 237 Å². The summed E-state index contributed by atoms with van der Waals surface area (Å²) in [5.41, 5.74) is -0.679. The van der Waals surface area contributed by atoms with Gasteiger partial charge in [0.05, 0.1) is 12.0 Å². The lowest BCUT2D eigenvalue weighted by atomic mass is 9.50. The number of rotatable bonds is 7. The van der Waals surface area contributed by atoms with E-state index in [0.717, 1.165) is 12.8 Å². The molecule has 218 valence electrons. The number of hydrogen-bond acceptors (Lipinski definition) is 4. The van der Waals surface area contributed by atoms with Crippen molar-refractivity contribution in [2.24, 2.45) is 23.7 Å². The van der Waals surface area contributed by atoms with Crippen molar-refractivity contribution >= 4 is 22.4 Å². The van der Waals surface area contributed by atoms with Crippen molar-refractivity contribution in [2.45, 2.75) is 154 Å². The second-order valence-corrected chi connectivity index (χ2v) is 25.0. The molecule has 3 aliphatic rings. The molecule has 0 spiro atoms. The van der Waals surface area contributed by atoms with E-state index in [2.05, 4.69) is 86.5 Å². The Morgan fingerprint density at radius 3 is 2.05 bits per heavy atom. The van der Waals surface area contributed by atoms with Crippen LogP contribution in [0.15, 0.2) is 0 Å². The van der Waals surface area contributed by atoms with Crippen LogP contribution in [0.1, 0.15) is 100 Å². The smallest absolute Gasteiger partial charge is 0.193 e. The predicted octanol–water partition coefficient (Wildman–Crippen LogP) is 8.37. The minimum absolute atomic E-state index is 0.00812. The molecule has 0 amide bonds. The Bertz CT molecular complexity index is 897. The summed E-state index contributed by atoms with van der Waals surface area (Å²) in [6.07, 6.45) is 7.83. The van der Waals surface area contributed by atoms with Crippen molar-refractivity contribution in [1.82, 2.24) is 0 Å². The fraction of sp³-hybridized carbons (Fsp3) is 0.906. The molecule has 0 aromatic rings. The molecule has 0 saturated heterocycles. The zero-order chi connectivity index (χ0) is 28.7. The van der Waals surface area contributed by atoms with Gasteiger partial charge in [0, 0.05) is 18.4 Å². The van der Waals surface area contributed by atoms with Crippen molar-refractivity contribution in [3.05, 3.63) is 0 Å². The maximum atomic E-state index is 13.3. The van der Waals surface area contributed by atoms with Crippen molar-refractivity contribution in [2.75, 3.05) is 6.61 Å². The third kappa shape index (κ3) is 6.22. The molecular formula is C32H58O4Si2. The number of carbonyl (C=O) groups excluding carboxylic acids is 1. The molecule has 0 N–H and O–H groups in total. The number of carbonyl (C=O) groups is 1. The minimum Gasteiger partial charge on any atom is -0.413 e. The van der Waals surface area contributed by atoms with E-state index in [9.17, 15) is 4.79 Å². The van der Waals surface area contributed by atoms with Crippen LogP contribution in [-0.2, 0) is 18.4 Å². The molecule has 3 rings (SSSR count). The first-order valence-corrected chi connectivity index (χ1v) is 21.2. The van der Waals surface area contributed by atoms with Gasteiger partial charge in [0.1, 0.15) is 11.7 Å². The third-order valence-corrected chi connectivity index (χ3v) is 19.8. The zero-order valence-corrected chi connectivity index (χ0v) is 28.8. The summed E-state index contributed by atoms with van der Waals surface area (Å²) in [5.74, 6) is 8.35. The molecule has 0 radical (unpaired) electrons. The van der Waals surface area contributed by atoms with E-state index >= 15 is 0 Å². The molecule has 0 aromatic heterocycles. The standard InChI is InChI=1S/C32H58O4Si2/c1-13-34-32-22-21-27(36-38(11,12)31(6,7)8)25(28(32)23(2)29(32)33)19-20-26(24-17-15-14-16-18-24)35-37(9,10)30(3,4)5/h23-28H,13-18,21-22H2,1-12H3/t23?,25-,26+,27+,28+,32+/m0/s1.